The molecule has 0 radical (unpaired) electrons. The number of hydrogen-bond acceptors (Lipinski definition) is 4. The summed E-state index contributed by atoms with van der Waals surface area (Å²) in [7, 11) is 0. The number of aromatic nitrogens is 2. The number of benzene rings is 2. The summed E-state index contributed by atoms with van der Waals surface area (Å²) >= 11 is 4.71. The second-order valence-corrected chi connectivity index (χ2v) is 9.40. The Morgan fingerprint density at radius 3 is 2.73 bits per heavy atom. The molecular formula is C23H26BrN3O2S. The first-order valence-electron chi connectivity index (χ1n) is 10.0. The molecule has 0 aliphatic heterocycles. The highest BCUT2D eigenvalue weighted by molar-refractivity contribution is 9.10. The van der Waals surface area contributed by atoms with Crippen LogP contribution in [-0.2, 0) is 11.3 Å². The van der Waals surface area contributed by atoms with Gasteiger partial charge in [0.25, 0.3) is 5.56 Å². The zero-order valence-electron chi connectivity index (χ0n) is 17.7. The summed E-state index contributed by atoms with van der Waals surface area (Å²) in [6.07, 6.45) is 0.807. The summed E-state index contributed by atoms with van der Waals surface area (Å²) < 4.78 is 2.51. The molecule has 1 aromatic heterocycles. The molecule has 1 N–H and O–H groups in total. The van der Waals surface area contributed by atoms with Crippen LogP contribution >= 0.6 is 27.7 Å². The predicted molar refractivity (Wildman–Crippen MR) is 129 cm³/mol. The molecule has 3 aromatic rings. The Hall–Kier alpha value is -2.12. The number of amides is 1. The molecule has 0 unspecified atom stereocenters. The number of thioether (sulfide) groups is 1. The smallest absolute Gasteiger partial charge is 0.262 e. The average Bonchev–Trinajstić information content (AvgIpc) is 2.70. The molecular weight excluding hydrogens is 462 g/mol. The number of rotatable bonds is 7. The minimum atomic E-state index is -0.107. The van der Waals surface area contributed by atoms with E-state index < -0.39 is 0 Å². The van der Waals surface area contributed by atoms with E-state index in [1.807, 2.05) is 44.2 Å². The first kappa shape index (κ1) is 22.6. The second-order valence-electron chi connectivity index (χ2n) is 7.54. The number of aryl methyl sites for hydroxylation is 1. The van der Waals surface area contributed by atoms with E-state index in [1.54, 1.807) is 10.6 Å². The van der Waals surface area contributed by atoms with E-state index in [9.17, 15) is 9.59 Å². The Morgan fingerprint density at radius 2 is 2.03 bits per heavy atom. The molecule has 1 amide bonds. The van der Waals surface area contributed by atoms with Crippen molar-refractivity contribution in [3.63, 3.8) is 0 Å². The van der Waals surface area contributed by atoms with Crippen LogP contribution in [0.3, 0.4) is 0 Å². The molecule has 0 saturated heterocycles. The van der Waals surface area contributed by atoms with Gasteiger partial charge in [-0.25, -0.2) is 4.98 Å². The van der Waals surface area contributed by atoms with Gasteiger partial charge in [-0.15, -0.1) is 0 Å². The van der Waals surface area contributed by atoms with Crippen LogP contribution in [0.25, 0.3) is 10.9 Å². The lowest BCUT2D eigenvalue weighted by Gasteiger charge is -2.17. The standard InChI is InChI=1S/C23H26BrN3O2S/c1-5-11-27-22(29)18-12-16(24)9-10-19(18)25-23(27)30-13-20(28)26-21-15(4)7-6-8-17(21)14(2)3/h6-10,12,14H,5,11,13H2,1-4H3,(H,26,28). The van der Waals surface area contributed by atoms with Crippen LogP contribution in [0.15, 0.2) is 50.8 Å². The summed E-state index contributed by atoms with van der Waals surface area (Å²) in [5, 5.41) is 4.21. The quantitative estimate of drug-likeness (QED) is 0.341. The summed E-state index contributed by atoms with van der Waals surface area (Å²) in [5.74, 6) is 0.387. The maximum absolute atomic E-state index is 13.0. The largest absolute Gasteiger partial charge is 0.325 e. The lowest BCUT2D eigenvalue weighted by atomic mass is 9.98. The number of halogens is 1. The van der Waals surface area contributed by atoms with Crippen molar-refractivity contribution >= 4 is 50.2 Å². The molecule has 0 spiro atoms. The fraction of sp³-hybridized carbons (Fsp3) is 0.348. The Balaban J connectivity index is 1.85. The van der Waals surface area contributed by atoms with Gasteiger partial charge in [-0.1, -0.05) is 66.7 Å². The Kier molecular flexibility index (Phi) is 7.36. The van der Waals surface area contributed by atoms with Gasteiger partial charge in [-0.05, 0) is 48.6 Å². The molecule has 158 valence electrons. The second kappa shape index (κ2) is 9.79. The van der Waals surface area contributed by atoms with Crippen LogP contribution in [0.1, 0.15) is 44.2 Å². The number of hydrogen-bond donors (Lipinski definition) is 1. The number of nitrogens with zero attached hydrogens (tertiary/aromatic N) is 2. The maximum Gasteiger partial charge on any atom is 0.262 e. The molecule has 0 bridgehead atoms. The summed E-state index contributed by atoms with van der Waals surface area (Å²) in [4.78, 5) is 30.4. The number of para-hydroxylation sites is 1. The van der Waals surface area contributed by atoms with Gasteiger partial charge in [0, 0.05) is 16.7 Å². The van der Waals surface area contributed by atoms with Gasteiger partial charge in [-0.2, -0.15) is 0 Å². The Bertz CT molecular complexity index is 1140. The fourth-order valence-electron chi connectivity index (χ4n) is 3.35. The van der Waals surface area contributed by atoms with Crippen molar-refractivity contribution < 1.29 is 4.79 Å². The van der Waals surface area contributed by atoms with Crippen LogP contribution in [0, 0.1) is 6.92 Å². The van der Waals surface area contributed by atoms with Crippen LogP contribution in [0.5, 0.6) is 0 Å². The van der Waals surface area contributed by atoms with E-state index in [-0.39, 0.29) is 17.2 Å². The minimum absolute atomic E-state index is 0.0768. The molecule has 30 heavy (non-hydrogen) atoms. The number of carbonyl (C=O) groups excluding carboxylic acids is 1. The third kappa shape index (κ3) is 4.95. The maximum atomic E-state index is 13.0. The van der Waals surface area contributed by atoms with Crippen molar-refractivity contribution in [2.24, 2.45) is 0 Å². The van der Waals surface area contributed by atoms with Crippen molar-refractivity contribution in [2.45, 2.75) is 51.7 Å². The van der Waals surface area contributed by atoms with Crippen molar-refractivity contribution in [3.05, 3.63) is 62.4 Å². The van der Waals surface area contributed by atoms with Crippen molar-refractivity contribution in [1.82, 2.24) is 9.55 Å². The number of nitrogens with one attached hydrogen (secondary N) is 1. The SMILES string of the molecule is CCCn1c(SCC(=O)Nc2c(C)cccc2C(C)C)nc2ccc(Br)cc2c1=O. The van der Waals surface area contributed by atoms with Gasteiger partial charge >= 0.3 is 0 Å². The van der Waals surface area contributed by atoms with E-state index in [0.29, 0.717) is 28.5 Å². The summed E-state index contributed by atoms with van der Waals surface area (Å²) in [6, 6.07) is 11.5. The number of anilines is 1. The molecule has 0 atom stereocenters. The van der Waals surface area contributed by atoms with Crippen molar-refractivity contribution in [1.29, 1.82) is 0 Å². The lowest BCUT2D eigenvalue weighted by molar-refractivity contribution is -0.113. The molecule has 5 nitrogen and oxygen atoms in total. The van der Waals surface area contributed by atoms with Gasteiger partial charge in [-0.3, -0.25) is 14.2 Å². The highest BCUT2D eigenvalue weighted by Gasteiger charge is 2.15. The molecule has 3 rings (SSSR count). The van der Waals surface area contributed by atoms with E-state index in [2.05, 4.69) is 40.1 Å². The predicted octanol–water partition coefficient (Wildman–Crippen LogP) is 5.73. The van der Waals surface area contributed by atoms with Crippen LogP contribution < -0.4 is 10.9 Å². The Morgan fingerprint density at radius 1 is 1.27 bits per heavy atom. The van der Waals surface area contributed by atoms with Crippen LogP contribution in [0.4, 0.5) is 5.69 Å². The van der Waals surface area contributed by atoms with E-state index in [0.717, 1.165) is 27.7 Å². The molecule has 2 aromatic carbocycles. The highest BCUT2D eigenvalue weighted by atomic mass is 79.9. The molecule has 0 aliphatic rings. The zero-order valence-corrected chi connectivity index (χ0v) is 20.1. The number of fused-ring (bicyclic) bond motifs is 1. The van der Waals surface area contributed by atoms with Gasteiger partial charge in [0.05, 0.1) is 16.7 Å². The fourth-order valence-corrected chi connectivity index (χ4v) is 4.54. The zero-order chi connectivity index (χ0) is 21.8. The van der Waals surface area contributed by atoms with Crippen LogP contribution in [-0.4, -0.2) is 21.2 Å². The summed E-state index contributed by atoms with van der Waals surface area (Å²) in [6.45, 7) is 8.80. The van der Waals surface area contributed by atoms with Gasteiger partial charge in [0.15, 0.2) is 5.16 Å². The van der Waals surface area contributed by atoms with Crippen LogP contribution in [0.2, 0.25) is 0 Å². The molecule has 0 saturated carbocycles. The lowest BCUT2D eigenvalue weighted by Crippen LogP contribution is -2.24. The third-order valence-electron chi connectivity index (χ3n) is 4.85. The van der Waals surface area contributed by atoms with Gasteiger partial charge in [0.2, 0.25) is 5.91 Å². The normalized spacial score (nSPS) is 11.3. The minimum Gasteiger partial charge on any atom is -0.325 e. The van der Waals surface area contributed by atoms with Gasteiger partial charge < -0.3 is 5.32 Å². The average molecular weight is 488 g/mol. The summed E-state index contributed by atoms with van der Waals surface area (Å²) in [5.41, 5.74) is 3.59. The third-order valence-corrected chi connectivity index (χ3v) is 6.32. The monoisotopic (exact) mass is 487 g/mol. The first-order chi connectivity index (χ1) is 14.3. The Labute approximate surface area is 189 Å². The highest BCUT2D eigenvalue weighted by Crippen LogP contribution is 2.28. The van der Waals surface area contributed by atoms with E-state index in [4.69, 9.17) is 0 Å². The van der Waals surface area contributed by atoms with E-state index in [1.165, 1.54) is 11.8 Å². The molecule has 7 heteroatoms. The molecule has 1 heterocycles. The van der Waals surface area contributed by atoms with Crippen molar-refractivity contribution in [3.8, 4) is 0 Å². The van der Waals surface area contributed by atoms with E-state index >= 15 is 0 Å². The number of carbonyl (C=O) groups is 1. The van der Waals surface area contributed by atoms with Gasteiger partial charge in [0.1, 0.15) is 0 Å². The topological polar surface area (TPSA) is 64.0 Å². The van der Waals surface area contributed by atoms with Crippen molar-refractivity contribution in [2.75, 3.05) is 11.1 Å². The molecule has 0 aliphatic carbocycles. The molecule has 0 fully saturated rings. The first-order valence-corrected chi connectivity index (χ1v) is 11.8.